The van der Waals surface area contributed by atoms with Crippen molar-refractivity contribution in [2.75, 3.05) is 4.90 Å². The Bertz CT molecular complexity index is 4090. The Balaban J connectivity index is 0.900. The third-order valence-corrected chi connectivity index (χ3v) is 16.3. The Hall–Kier alpha value is -9.30. The molecule has 12 aromatic rings. The highest BCUT2D eigenvalue weighted by atomic mass is 15.1. The van der Waals surface area contributed by atoms with Gasteiger partial charge in [0.2, 0.25) is 0 Å². The van der Waals surface area contributed by atoms with Crippen molar-refractivity contribution < 1.29 is 0 Å². The first kappa shape index (κ1) is 44.4. The van der Waals surface area contributed by atoms with Crippen LogP contribution in [0.3, 0.4) is 0 Å². The minimum Gasteiger partial charge on any atom is -0.310 e. The Labute approximate surface area is 440 Å². The van der Waals surface area contributed by atoms with Crippen molar-refractivity contribution in [1.29, 1.82) is 0 Å². The molecule has 0 saturated heterocycles. The minimum atomic E-state index is -0.526. The summed E-state index contributed by atoms with van der Waals surface area (Å²) in [6.07, 6.45) is 0. The molecule has 0 bridgehead atoms. The number of fused-ring (bicyclic) bond motifs is 7. The van der Waals surface area contributed by atoms with Gasteiger partial charge < -0.3 is 4.90 Å². The maximum atomic E-state index is 2.49. The molecule has 0 unspecified atom stereocenters. The minimum absolute atomic E-state index is 0.127. The summed E-state index contributed by atoms with van der Waals surface area (Å²) >= 11 is 0. The fraction of sp³-hybridized carbons (Fsp3) is 0.0541. The van der Waals surface area contributed by atoms with Gasteiger partial charge in [0.15, 0.2) is 0 Å². The van der Waals surface area contributed by atoms with Crippen molar-refractivity contribution in [3.8, 4) is 66.8 Å². The van der Waals surface area contributed by atoms with E-state index in [0.29, 0.717) is 0 Å². The molecule has 2 aliphatic carbocycles. The van der Waals surface area contributed by atoms with Crippen LogP contribution >= 0.6 is 0 Å². The van der Waals surface area contributed by atoms with E-state index in [2.05, 4.69) is 304 Å². The first-order valence-electron chi connectivity index (χ1n) is 26.2. The number of nitrogens with zero attached hydrogens (tertiary/aromatic N) is 1. The van der Waals surface area contributed by atoms with E-state index in [1.807, 2.05) is 0 Å². The molecule has 0 fully saturated rings. The van der Waals surface area contributed by atoms with Crippen molar-refractivity contribution >= 4 is 27.8 Å². The quantitative estimate of drug-likeness (QED) is 0.139. The molecule has 1 heteroatoms. The summed E-state index contributed by atoms with van der Waals surface area (Å²) in [5, 5.41) is 2.51. The fourth-order valence-electron chi connectivity index (χ4n) is 12.9. The molecule has 0 aromatic heterocycles. The molecule has 0 atom stereocenters. The van der Waals surface area contributed by atoms with E-state index in [1.165, 1.54) is 111 Å². The van der Waals surface area contributed by atoms with E-state index in [4.69, 9.17) is 0 Å². The van der Waals surface area contributed by atoms with Crippen LogP contribution in [0.15, 0.2) is 285 Å². The van der Waals surface area contributed by atoms with Crippen LogP contribution in [0.1, 0.15) is 47.2 Å². The van der Waals surface area contributed by atoms with Gasteiger partial charge in [-0.3, -0.25) is 0 Å². The smallest absolute Gasteiger partial charge is 0.0714 e. The molecular formula is C74H53N. The molecule has 0 heterocycles. The van der Waals surface area contributed by atoms with E-state index >= 15 is 0 Å². The van der Waals surface area contributed by atoms with Gasteiger partial charge in [0, 0.05) is 22.4 Å². The molecule has 1 nitrogen and oxygen atoms in total. The van der Waals surface area contributed by atoms with E-state index in [0.717, 1.165) is 17.1 Å². The second-order valence-electron chi connectivity index (χ2n) is 20.8. The van der Waals surface area contributed by atoms with Crippen LogP contribution in [0, 0.1) is 0 Å². The van der Waals surface area contributed by atoms with Crippen molar-refractivity contribution in [1.82, 2.24) is 0 Å². The molecule has 2 aliphatic rings. The first-order chi connectivity index (χ1) is 36.9. The highest BCUT2D eigenvalue weighted by Gasteiger charge is 2.47. The van der Waals surface area contributed by atoms with Crippen LogP contribution in [-0.2, 0) is 10.8 Å². The topological polar surface area (TPSA) is 3.24 Å². The molecule has 0 N–H and O–H groups in total. The lowest BCUT2D eigenvalue weighted by Gasteiger charge is -2.34. The van der Waals surface area contributed by atoms with E-state index < -0.39 is 5.41 Å². The third kappa shape index (κ3) is 7.14. The van der Waals surface area contributed by atoms with Crippen LogP contribution in [0.5, 0.6) is 0 Å². The molecule has 75 heavy (non-hydrogen) atoms. The Morgan fingerprint density at radius 3 is 1.39 bits per heavy atom. The molecule has 354 valence electrons. The molecule has 0 spiro atoms. The van der Waals surface area contributed by atoms with Gasteiger partial charge in [-0.05, 0) is 154 Å². The average Bonchev–Trinajstić information content (AvgIpc) is 4.05. The molecule has 0 amide bonds. The fourth-order valence-corrected chi connectivity index (χ4v) is 12.9. The lowest BCUT2D eigenvalue weighted by Crippen LogP contribution is -2.28. The van der Waals surface area contributed by atoms with Gasteiger partial charge in [-0.15, -0.1) is 0 Å². The van der Waals surface area contributed by atoms with Gasteiger partial charge in [-0.2, -0.15) is 0 Å². The molecule has 12 aromatic carbocycles. The molecule has 0 saturated carbocycles. The first-order valence-corrected chi connectivity index (χ1v) is 26.2. The largest absolute Gasteiger partial charge is 0.310 e. The summed E-state index contributed by atoms with van der Waals surface area (Å²) in [6, 6.07) is 106. The van der Waals surface area contributed by atoms with Gasteiger partial charge in [-0.25, -0.2) is 0 Å². The number of hydrogen-bond acceptors (Lipinski definition) is 1. The van der Waals surface area contributed by atoms with E-state index in [-0.39, 0.29) is 5.41 Å². The van der Waals surface area contributed by atoms with Crippen molar-refractivity contribution in [2.45, 2.75) is 24.7 Å². The van der Waals surface area contributed by atoms with E-state index in [9.17, 15) is 0 Å². The van der Waals surface area contributed by atoms with Crippen LogP contribution in [0.2, 0.25) is 0 Å². The molecule has 14 rings (SSSR count). The van der Waals surface area contributed by atoms with Crippen LogP contribution in [0.25, 0.3) is 77.5 Å². The Kier molecular flexibility index (Phi) is 10.5. The second kappa shape index (κ2) is 17.7. The summed E-state index contributed by atoms with van der Waals surface area (Å²) in [5.74, 6) is 0. The summed E-state index contributed by atoms with van der Waals surface area (Å²) in [6.45, 7) is 4.75. The van der Waals surface area contributed by atoms with Gasteiger partial charge in [0.25, 0.3) is 0 Å². The molecule has 0 aliphatic heterocycles. The highest BCUT2D eigenvalue weighted by molar-refractivity contribution is 5.98. The third-order valence-electron chi connectivity index (χ3n) is 16.3. The summed E-state index contributed by atoms with van der Waals surface area (Å²) in [4.78, 5) is 2.49. The summed E-state index contributed by atoms with van der Waals surface area (Å²) < 4.78 is 0. The normalized spacial score (nSPS) is 13.4. The predicted molar refractivity (Wildman–Crippen MR) is 315 cm³/mol. The highest BCUT2D eigenvalue weighted by Crippen LogP contribution is 2.60. The van der Waals surface area contributed by atoms with Crippen LogP contribution in [-0.4, -0.2) is 0 Å². The number of rotatable bonds is 9. The summed E-state index contributed by atoms with van der Waals surface area (Å²) in [7, 11) is 0. The van der Waals surface area contributed by atoms with Crippen molar-refractivity contribution in [3.63, 3.8) is 0 Å². The zero-order valence-corrected chi connectivity index (χ0v) is 42.1. The summed E-state index contributed by atoms with van der Waals surface area (Å²) in [5.41, 5.74) is 25.3. The predicted octanol–water partition coefficient (Wildman–Crippen LogP) is 19.6. The number of anilines is 3. The maximum Gasteiger partial charge on any atom is 0.0714 e. The standard InChI is InChI=1S/C74H53N/c1-73(2)67-33-13-11-29-64(67)65-32-17-31-63(72(65)73)52-41-45-62(46-42-52)75(70-36-18-35-69-71(70)66-30-12-14-34-68(66)74(69,59-25-5-3-6-26-59)60-27-7-4-8-28-60)61-43-39-51(40-44-61)54-21-15-22-55(47-54)56-23-16-24-57(49-56)58-38-37-50-19-9-10-20-53(50)48-58/h3-49H,1-2H3. The lowest BCUT2D eigenvalue weighted by molar-refractivity contribution is 0.662. The number of hydrogen-bond donors (Lipinski definition) is 0. The van der Waals surface area contributed by atoms with Crippen molar-refractivity contribution in [2.24, 2.45) is 0 Å². The van der Waals surface area contributed by atoms with Crippen LogP contribution in [0.4, 0.5) is 17.1 Å². The SMILES string of the molecule is CC1(C)c2ccccc2-c2cccc(-c3ccc(N(c4ccc(-c5cccc(-c6cccc(-c7ccc8ccccc8c7)c6)c5)cc4)c4cccc5c4-c4ccccc4C5(c4ccccc4)c4ccccc4)cc3)c21. The monoisotopic (exact) mass is 955 g/mol. The van der Waals surface area contributed by atoms with Crippen molar-refractivity contribution in [3.05, 3.63) is 318 Å². The van der Waals surface area contributed by atoms with Gasteiger partial charge >= 0.3 is 0 Å². The average molecular weight is 956 g/mol. The lowest BCUT2D eigenvalue weighted by atomic mass is 9.68. The van der Waals surface area contributed by atoms with Gasteiger partial charge in [-0.1, -0.05) is 250 Å². The maximum absolute atomic E-state index is 2.49. The Morgan fingerprint density at radius 1 is 0.280 bits per heavy atom. The molecule has 0 radical (unpaired) electrons. The zero-order valence-electron chi connectivity index (χ0n) is 42.1. The Morgan fingerprint density at radius 2 is 0.733 bits per heavy atom. The molecular weight excluding hydrogens is 903 g/mol. The second-order valence-corrected chi connectivity index (χ2v) is 20.8. The van der Waals surface area contributed by atoms with E-state index in [1.54, 1.807) is 0 Å². The number of benzene rings is 12. The van der Waals surface area contributed by atoms with Gasteiger partial charge in [0.05, 0.1) is 11.1 Å². The zero-order chi connectivity index (χ0) is 50.1. The van der Waals surface area contributed by atoms with Crippen LogP contribution < -0.4 is 4.90 Å². The van der Waals surface area contributed by atoms with Gasteiger partial charge in [0.1, 0.15) is 0 Å².